The van der Waals surface area contributed by atoms with Crippen LogP contribution in [0.1, 0.15) is 5.56 Å². The highest BCUT2D eigenvalue weighted by molar-refractivity contribution is 7.89. The van der Waals surface area contributed by atoms with E-state index >= 15 is 0 Å². The number of primary sulfonamides is 1. The van der Waals surface area contributed by atoms with Crippen LogP contribution in [-0.4, -0.2) is 20.4 Å². The van der Waals surface area contributed by atoms with Crippen molar-refractivity contribution in [2.24, 2.45) is 5.14 Å². The first-order chi connectivity index (χ1) is 9.79. The number of thiophene rings is 1. The minimum Gasteiger partial charge on any atom is -0.365 e. The third kappa shape index (κ3) is 3.57. The molecule has 0 saturated heterocycles. The maximum Gasteiger partial charge on any atom is 0.293 e. The van der Waals surface area contributed by atoms with Gasteiger partial charge in [0.1, 0.15) is 5.69 Å². The summed E-state index contributed by atoms with van der Waals surface area (Å²) in [7, 11) is -2.27. The second kappa shape index (κ2) is 5.80. The van der Waals surface area contributed by atoms with E-state index in [1.807, 2.05) is 16.8 Å². The molecule has 2 aromatic rings. The lowest BCUT2D eigenvalue weighted by molar-refractivity contribution is -0.384. The third-order valence-electron chi connectivity index (χ3n) is 2.88. The van der Waals surface area contributed by atoms with Crippen LogP contribution in [0.5, 0.6) is 0 Å². The number of nitrogens with two attached hydrogens (primary N) is 1. The highest BCUT2D eigenvalue weighted by atomic mass is 32.2. The van der Waals surface area contributed by atoms with Crippen molar-refractivity contribution in [1.82, 2.24) is 0 Å². The number of rotatable bonds is 5. The fraction of sp³-hybridized carbons (Fsp3) is 0.167. The zero-order valence-corrected chi connectivity index (χ0v) is 12.7. The molecule has 0 aliphatic rings. The molecule has 0 spiro atoms. The molecule has 0 aliphatic carbocycles. The predicted molar refractivity (Wildman–Crippen MR) is 80.9 cm³/mol. The Hall–Kier alpha value is -1.97. The minimum absolute atomic E-state index is 0.276. The molecule has 21 heavy (non-hydrogen) atoms. The molecule has 0 aliphatic heterocycles. The quantitative estimate of drug-likeness (QED) is 0.667. The van der Waals surface area contributed by atoms with E-state index in [4.69, 9.17) is 5.14 Å². The van der Waals surface area contributed by atoms with Gasteiger partial charge in [0.2, 0.25) is 10.0 Å². The van der Waals surface area contributed by atoms with Gasteiger partial charge >= 0.3 is 0 Å². The smallest absolute Gasteiger partial charge is 0.293 e. The number of sulfonamides is 1. The molecule has 1 aromatic heterocycles. The molecule has 0 amide bonds. The van der Waals surface area contributed by atoms with Crippen molar-refractivity contribution in [3.63, 3.8) is 0 Å². The summed E-state index contributed by atoms with van der Waals surface area (Å²) in [5.41, 5.74) is 1.06. The Balaban J connectivity index is 2.41. The van der Waals surface area contributed by atoms with Crippen LogP contribution in [-0.2, 0) is 16.6 Å². The first kappa shape index (κ1) is 15.4. The summed E-state index contributed by atoms with van der Waals surface area (Å²) in [6, 6.07) is 5.56. The van der Waals surface area contributed by atoms with Crippen LogP contribution in [0.4, 0.5) is 11.4 Å². The number of benzene rings is 1. The summed E-state index contributed by atoms with van der Waals surface area (Å²) in [4.78, 5) is 11.9. The molecular formula is C12H13N3O4S2. The lowest BCUT2D eigenvalue weighted by Gasteiger charge is -2.18. The summed E-state index contributed by atoms with van der Waals surface area (Å²) < 4.78 is 22.6. The fourth-order valence-electron chi connectivity index (χ4n) is 1.89. The van der Waals surface area contributed by atoms with Crippen LogP contribution < -0.4 is 10.0 Å². The molecule has 0 unspecified atom stereocenters. The van der Waals surface area contributed by atoms with Gasteiger partial charge in [0, 0.05) is 19.7 Å². The highest BCUT2D eigenvalue weighted by Crippen LogP contribution is 2.30. The Bertz CT molecular complexity index is 757. The summed E-state index contributed by atoms with van der Waals surface area (Å²) in [5, 5.41) is 20.0. The average molecular weight is 327 g/mol. The van der Waals surface area contributed by atoms with Crippen molar-refractivity contribution in [3.05, 3.63) is 50.7 Å². The Morgan fingerprint density at radius 3 is 2.62 bits per heavy atom. The molecule has 112 valence electrons. The van der Waals surface area contributed by atoms with E-state index in [0.29, 0.717) is 12.2 Å². The van der Waals surface area contributed by atoms with E-state index in [-0.39, 0.29) is 10.6 Å². The molecule has 0 saturated carbocycles. The minimum atomic E-state index is -3.97. The largest absolute Gasteiger partial charge is 0.365 e. The number of hydrogen-bond acceptors (Lipinski definition) is 6. The number of nitro groups is 1. The van der Waals surface area contributed by atoms with Crippen molar-refractivity contribution in [2.45, 2.75) is 11.4 Å². The van der Waals surface area contributed by atoms with E-state index < -0.39 is 14.9 Å². The van der Waals surface area contributed by atoms with Gasteiger partial charge in [-0.05, 0) is 34.5 Å². The second-order valence-electron chi connectivity index (χ2n) is 4.44. The van der Waals surface area contributed by atoms with Crippen molar-refractivity contribution >= 4 is 32.7 Å². The van der Waals surface area contributed by atoms with Crippen LogP contribution in [0.15, 0.2) is 39.9 Å². The van der Waals surface area contributed by atoms with Gasteiger partial charge < -0.3 is 4.90 Å². The first-order valence-electron chi connectivity index (χ1n) is 5.82. The van der Waals surface area contributed by atoms with Crippen LogP contribution >= 0.6 is 11.3 Å². The average Bonchev–Trinajstić information content (AvgIpc) is 2.89. The lowest BCUT2D eigenvalue weighted by Crippen LogP contribution is -2.18. The van der Waals surface area contributed by atoms with Crippen molar-refractivity contribution in [3.8, 4) is 0 Å². The molecule has 1 aromatic carbocycles. The summed E-state index contributed by atoms with van der Waals surface area (Å²) in [5.74, 6) is 0. The summed E-state index contributed by atoms with van der Waals surface area (Å²) >= 11 is 1.54. The normalized spacial score (nSPS) is 11.3. The number of nitrogens with zero attached hydrogens (tertiary/aromatic N) is 2. The molecular weight excluding hydrogens is 314 g/mol. The molecule has 2 rings (SSSR count). The van der Waals surface area contributed by atoms with Crippen molar-refractivity contribution in [1.29, 1.82) is 0 Å². The van der Waals surface area contributed by atoms with Gasteiger partial charge in [0.15, 0.2) is 0 Å². The first-order valence-corrected chi connectivity index (χ1v) is 8.31. The van der Waals surface area contributed by atoms with E-state index in [2.05, 4.69) is 0 Å². The van der Waals surface area contributed by atoms with Gasteiger partial charge in [-0.25, -0.2) is 13.6 Å². The summed E-state index contributed by atoms with van der Waals surface area (Å²) in [6.45, 7) is 0.485. The van der Waals surface area contributed by atoms with Crippen molar-refractivity contribution in [2.75, 3.05) is 11.9 Å². The Morgan fingerprint density at radius 2 is 2.10 bits per heavy atom. The molecule has 0 radical (unpaired) electrons. The zero-order valence-electron chi connectivity index (χ0n) is 11.1. The van der Waals surface area contributed by atoms with Crippen molar-refractivity contribution < 1.29 is 13.3 Å². The lowest BCUT2D eigenvalue weighted by atomic mass is 10.2. The van der Waals surface area contributed by atoms with E-state index in [0.717, 1.165) is 11.6 Å². The van der Waals surface area contributed by atoms with E-state index in [1.165, 1.54) is 23.5 Å². The van der Waals surface area contributed by atoms with Gasteiger partial charge in [-0.3, -0.25) is 10.1 Å². The standard InChI is InChI=1S/C12H13N3O4S2/c1-14(7-9-4-5-20-8-9)11-3-2-10(21(13,18)19)6-12(11)15(16)17/h2-6,8H,7H2,1H3,(H2,13,18,19). The fourth-order valence-corrected chi connectivity index (χ4v) is 3.08. The number of anilines is 1. The Kier molecular flexibility index (Phi) is 4.26. The molecule has 7 nitrogen and oxygen atoms in total. The number of nitro benzene ring substituents is 1. The molecule has 0 fully saturated rings. The molecule has 0 atom stereocenters. The molecule has 2 N–H and O–H groups in total. The van der Waals surface area contributed by atoms with Gasteiger partial charge in [0.05, 0.1) is 9.82 Å². The van der Waals surface area contributed by atoms with Gasteiger partial charge in [-0.1, -0.05) is 0 Å². The zero-order chi connectivity index (χ0) is 15.6. The SMILES string of the molecule is CN(Cc1ccsc1)c1ccc(S(N)(=O)=O)cc1[N+](=O)[O-]. The van der Waals surface area contributed by atoms with Gasteiger partial charge in [-0.15, -0.1) is 0 Å². The Morgan fingerprint density at radius 1 is 1.38 bits per heavy atom. The molecule has 1 heterocycles. The van der Waals surface area contributed by atoms with Crippen LogP contribution in [0, 0.1) is 10.1 Å². The third-order valence-corrected chi connectivity index (χ3v) is 4.53. The van der Waals surface area contributed by atoms with Crippen LogP contribution in [0.3, 0.4) is 0 Å². The maximum atomic E-state index is 11.3. The highest BCUT2D eigenvalue weighted by Gasteiger charge is 2.21. The Labute approximate surface area is 125 Å². The second-order valence-corrected chi connectivity index (χ2v) is 6.78. The summed E-state index contributed by atoms with van der Waals surface area (Å²) in [6.07, 6.45) is 0. The monoisotopic (exact) mass is 327 g/mol. The molecule has 9 heteroatoms. The van der Waals surface area contributed by atoms with E-state index in [9.17, 15) is 18.5 Å². The topological polar surface area (TPSA) is 107 Å². The van der Waals surface area contributed by atoms with Crippen LogP contribution in [0.25, 0.3) is 0 Å². The maximum absolute atomic E-state index is 11.3. The molecule has 0 bridgehead atoms. The predicted octanol–water partition coefficient (Wildman–Crippen LogP) is 1.94. The van der Waals surface area contributed by atoms with E-state index in [1.54, 1.807) is 11.9 Å². The number of hydrogen-bond donors (Lipinski definition) is 1. The van der Waals surface area contributed by atoms with Gasteiger partial charge in [-0.2, -0.15) is 11.3 Å². The van der Waals surface area contributed by atoms with Crippen LogP contribution in [0.2, 0.25) is 0 Å². The van der Waals surface area contributed by atoms with Gasteiger partial charge in [0.25, 0.3) is 5.69 Å².